The molecule has 0 fully saturated rings. The Kier molecular flexibility index (Phi) is 4.65. The molecule has 24 heavy (non-hydrogen) atoms. The van der Waals surface area contributed by atoms with Crippen LogP contribution in [0.4, 0.5) is 5.82 Å². The van der Waals surface area contributed by atoms with Gasteiger partial charge in [-0.3, -0.25) is 0 Å². The Morgan fingerprint density at radius 2 is 1.88 bits per heavy atom. The number of anilines is 1. The molecule has 1 atom stereocenters. The zero-order valence-corrected chi connectivity index (χ0v) is 13.4. The highest BCUT2D eigenvalue weighted by Gasteiger charge is 2.06. The van der Waals surface area contributed by atoms with Crippen LogP contribution in [0.2, 0.25) is 5.02 Å². The lowest BCUT2D eigenvalue weighted by molar-refractivity contribution is 0.128. The van der Waals surface area contributed by atoms with Gasteiger partial charge in [0.2, 0.25) is 0 Å². The lowest BCUT2D eigenvalue weighted by atomic mass is 10.1. The first-order valence-corrected chi connectivity index (χ1v) is 7.57. The fourth-order valence-corrected chi connectivity index (χ4v) is 2.49. The van der Waals surface area contributed by atoms with Crippen molar-refractivity contribution in [1.82, 2.24) is 10.5 Å². The number of nitrogens with one attached hydrogen (secondary N) is 1. The number of benzene rings is 2. The van der Waals surface area contributed by atoms with Crippen molar-refractivity contribution in [3.8, 4) is 11.8 Å². The van der Waals surface area contributed by atoms with Crippen LogP contribution in [-0.2, 0) is 0 Å². The average molecular weight is 339 g/mol. The number of fused-ring (bicyclic) bond motifs is 1. The van der Waals surface area contributed by atoms with Crippen LogP contribution in [0.3, 0.4) is 0 Å². The minimum absolute atomic E-state index is 0.361. The molecule has 2 aromatic carbocycles. The Morgan fingerprint density at radius 1 is 1.12 bits per heavy atom. The summed E-state index contributed by atoms with van der Waals surface area (Å²) >= 11 is 6.07. The van der Waals surface area contributed by atoms with E-state index < -0.39 is 6.17 Å². The number of hydrogen-bond acceptors (Lipinski definition) is 5. The predicted molar refractivity (Wildman–Crippen MR) is 95.4 cm³/mol. The summed E-state index contributed by atoms with van der Waals surface area (Å²) in [6.45, 7) is 0. The molecule has 0 aliphatic carbocycles. The molecule has 0 saturated carbocycles. The van der Waals surface area contributed by atoms with Gasteiger partial charge in [0.25, 0.3) is 0 Å². The molecule has 6 heteroatoms. The minimum atomic E-state index is -0.632. The van der Waals surface area contributed by atoms with Crippen molar-refractivity contribution in [2.75, 3.05) is 5.73 Å². The summed E-state index contributed by atoms with van der Waals surface area (Å²) in [5.41, 5.74) is 15.8. The fourth-order valence-electron chi connectivity index (χ4n) is 2.31. The molecule has 120 valence electrons. The number of hydrogen-bond donors (Lipinski definition) is 4. The van der Waals surface area contributed by atoms with Gasteiger partial charge in [0.05, 0.1) is 5.56 Å². The van der Waals surface area contributed by atoms with Crippen LogP contribution in [0.5, 0.6) is 0 Å². The monoisotopic (exact) mass is 338 g/mol. The van der Waals surface area contributed by atoms with Gasteiger partial charge in [0, 0.05) is 27.6 Å². The number of aromatic nitrogens is 1. The van der Waals surface area contributed by atoms with Crippen LogP contribution in [0.25, 0.3) is 10.8 Å². The normalized spacial score (nSPS) is 11.8. The van der Waals surface area contributed by atoms with E-state index in [1.165, 1.54) is 0 Å². The second kappa shape index (κ2) is 6.87. The smallest absolute Gasteiger partial charge is 0.139 e. The van der Waals surface area contributed by atoms with Crippen LogP contribution >= 0.6 is 11.6 Å². The van der Waals surface area contributed by atoms with E-state index in [1.54, 1.807) is 24.4 Å². The maximum Gasteiger partial charge on any atom is 0.139 e. The summed E-state index contributed by atoms with van der Waals surface area (Å²) in [6.07, 6.45) is 1.07. The number of hydroxylamine groups is 1. The summed E-state index contributed by atoms with van der Waals surface area (Å²) < 4.78 is 0. The van der Waals surface area contributed by atoms with Crippen molar-refractivity contribution in [1.29, 1.82) is 0 Å². The summed E-state index contributed by atoms with van der Waals surface area (Å²) in [7, 11) is 0. The minimum Gasteiger partial charge on any atom is -0.383 e. The van der Waals surface area contributed by atoms with Crippen molar-refractivity contribution in [2.24, 2.45) is 5.73 Å². The average Bonchev–Trinajstić information content (AvgIpc) is 2.60. The van der Waals surface area contributed by atoms with Crippen molar-refractivity contribution in [2.45, 2.75) is 6.17 Å². The van der Waals surface area contributed by atoms with Crippen LogP contribution in [0.1, 0.15) is 22.9 Å². The molecule has 0 spiro atoms. The highest BCUT2D eigenvalue weighted by Crippen LogP contribution is 2.24. The van der Waals surface area contributed by atoms with E-state index in [2.05, 4.69) is 16.8 Å². The number of halogens is 1. The van der Waals surface area contributed by atoms with Crippen molar-refractivity contribution in [3.05, 3.63) is 70.4 Å². The molecule has 3 rings (SSSR count). The highest BCUT2D eigenvalue weighted by molar-refractivity contribution is 6.31. The van der Waals surface area contributed by atoms with Crippen LogP contribution < -0.4 is 16.9 Å². The van der Waals surface area contributed by atoms with Gasteiger partial charge >= 0.3 is 0 Å². The molecule has 3 aromatic rings. The third-order valence-electron chi connectivity index (χ3n) is 3.62. The summed E-state index contributed by atoms with van der Waals surface area (Å²) in [4.78, 5) is 4.18. The predicted octanol–water partition coefficient (Wildman–Crippen LogP) is 2.81. The summed E-state index contributed by atoms with van der Waals surface area (Å²) in [5.74, 6) is 6.49. The molecule has 5 nitrogen and oxygen atoms in total. The molecule has 0 bridgehead atoms. The van der Waals surface area contributed by atoms with Crippen LogP contribution in [0.15, 0.2) is 48.7 Å². The second-order valence-electron chi connectivity index (χ2n) is 5.23. The van der Waals surface area contributed by atoms with Gasteiger partial charge in [-0.25, -0.2) is 4.98 Å². The second-order valence-corrected chi connectivity index (χ2v) is 5.67. The number of pyridine rings is 1. The molecule has 0 saturated heterocycles. The molecule has 6 N–H and O–H groups in total. The Bertz CT molecular complexity index is 940. The number of nitrogen functional groups attached to an aromatic ring is 1. The van der Waals surface area contributed by atoms with Gasteiger partial charge in [0.1, 0.15) is 12.0 Å². The lowest BCUT2D eigenvalue weighted by Crippen LogP contribution is -2.25. The van der Waals surface area contributed by atoms with E-state index in [9.17, 15) is 0 Å². The number of rotatable bonds is 2. The zero-order valence-electron chi connectivity index (χ0n) is 12.6. The highest BCUT2D eigenvalue weighted by atomic mass is 35.5. The molecule has 1 heterocycles. The van der Waals surface area contributed by atoms with E-state index in [0.29, 0.717) is 16.4 Å². The topological polar surface area (TPSA) is 97.2 Å². The number of nitrogens with two attached hydrogens (primary N) is 2. The maximum absolute atomic E-state index is 8.83. The van der Waals surface area contributed by atoms with Crippen LogP contribution in [-0.4, -0.2) is 10.2 Å². The first kappa shape index (κ1) is 16.2. The fraction of sp³-hybridized carbons (Fsp3) is 0.0556. The Hall–Kier alpha value is -2.62. The van der Waals surface area contributed by atoms with Crippen LogP contribution in [0, 0.1) is 11.8 Å². The lowest BCUT2D eigenvalue weighted by Gasteiger charge is -2.08. The molecular formula is C18H15ClN4O. The zero-order chi connectivity index (χ0) is 17.1. The Morgan fingerprint density at radius 3 is 2.58 bits per heavy atom. The first-order chi connectivity index (χ1) is 11.6. The Balaban J connectivity index is 2.00. The van der Waals surface area contributed by atoms with Crippen molar-refractivity contribution < 1.29 is 5.21 Å². The van der Waals surface area contributed by atoms with E-state index in [0.717, 1.165) is 21.9 Å². The largest absolute Gasteiger partial charge is 0.383 e. The van der Waals surface area contributed by atoms with Gasteiger partial charge in [-0.15, -0.1) is 0 Å². The van der Waals surface area contributed by atoms with Crippen molar-refractivity contribution in [3.63, 3.8) is 0 Å². The van der Waals surface area contributed by atoms with Gasteiger partial charge < -0.3 is 16.7 Å². The standard InChI is InChI=1S/C18H15ClN4O/c19-14-7-6-13-10-22-18(21)15(16(13)9-14)8-3-11-1-4-12(5-2-11)17(20)23-24/h1-2,4-7,9-10,17,23-24H,20H2,(H2,21,22). The molecular weight excluding hydrogens is 324 g/mol. The first-order valence-electron chi connectivity index (χ1n) is 7.19. The van der Waals surface area contributed by atoms with E-state index in [1.807, 2.05) is 29.7 Å². The third kappa shape index (κ3) is 3.32. The van der Waals surface area contributed by atoms with E-state index in [-0.39, 0.29) is 0 Å². The van der Waals surface area contributed by atoms with Gasteiger partial charge in [-0.05, 0) is 29.8 Å². The third-order valence-corrected chi connectivity index (χ3v) is 3.86. The molecule has 0 amide bonds. The Labute approximate surface area is 144 Å². The SMILES string of the molecule is Nc1ncc2ccc(Cl)cc2c1C#Cc1ccc(C(N)NO)cc1. The van der Waals surface area contributed by atoms with E-state index in [4.69, 9.17) is 28.3 Å². The molecule has 0 aliphatic rings. The molecule has 0 aliphatic heterocycles. The van der Waals surface area contributed by atoms with Crippen molar-refractivity contribution >= 4 is 28.2 Å². The number of nitrogens with zero attached hydrogens (tertiary/aromatic N) is 1. The molecule has 1 unspecified atom stereocenters. The quantitative estimate of drug-likeness (QED) is 0.327. The van der Waals surface area contributed by atoms with Gasteiger partial charge in [-0.1, -0.05) is 41.6 Å². The van der Waals surface area contributed by atoms with E-state index >= 15 is 0 Å². The van der Waals surface area contributed by atoms with Gasteiger partial charge in [0.15, 0.2) is 0 Å². The summed E-state index contributed by atoms with van der Waals surface area (Å²) in [6, 6.07) is 12.7. The maximum atomic E-state index is 8.83. The molecule has 0 radical (unpaired) electrons. The van der Waals surface area contributed by atoms with Gasteiger partial charge in [-0.2, -0.15) is 5.48 Å². The summed E-state index contributed by atoms with van der Waals surface area (Å²) in [5, 5.41) is 11.2. The molecule has 1 aromatic heterocycles.